The van der Waals surface area contributed by atoms with Crippen LogP contribution in [0.4, 0.5) is 10.1 Å². The number of nitrogens with one attached hydrogen (secondary N) is 1. The molecule has 2 amide bonds. The fourth-order valence-electron chi connectivity index (χ4n) is 3.60. The minimum absolute atomic E-state index is 0.105. The zero-order chi connectivity index (χ0) is 18.3. The van der Waals surface area contributed by atoms with Gasteiger partial charge in [0, 0.05) is 42.5 Å². The van der Waals surface area contributed by atoms with Crippen LogP contribution in [-0.4, -0.2) is 39.8 Å². The first-order valence-corrected chi connectivity index (χ1v) is 8.68. The molecule has 6 nitrogen and oxygen atoms in total. The number of rotatable bonds is 3. The fraction of sp³-hybridized carbons (Fsp3) is 0.333. The van der Waals surface area contributed by atoms with Crippen molar-refractivity contribution >= 4 is 29.1 Å². The summed E-state index contributed by atoms with van der Waals surface area (Å²) in [6.45, 7) is 1.06. The first-order chi connectivity index (χ1) is 12.5. The SMILES string of the molecule is O=C(Nc1cccc(F)c1)C1CC12CCN(C(=O)c1ncc(Cl)cn1)C2. The summed E-state index contributed by atoms with van der Waals surface area (Å²) in [5.74, 6) is -0.848. The van der Waals surface area contributed by atoms with E-state index in [1.807, 2.05) is 0 Å². The third-order valence-electron chi connectivity index (χ3n) is 5.08. The van der Waals surface area contributed by atoms with Crippen LogP contribution in [0.15, 0.2) is 36.7 Å². The summed E-state index contributed by atoms with van der Waals surface area (Å²) in [6, 6.07) is 5.82. The Kier molecular flexibility index (Phi) is 4.11. The molecule has 2 aliphatic rings. The van der Waals surface area contributed by atoms with Crippen LogP contribution in [0.25, 0.3) is 0 Å². The Morgan fingerprint density at radius 1 is 1.31 bits per heavy atom. The molecule has 1 aliphatic heterocycles. The molecule has 1 spiro atoms. The smallest absolute Gasteiger partial charge is 0.291 e. The second-order valence-electron chi connectivity index (χ2n) is 6.82. The second-order valence-corrected chi connectivity index (χ2v) is 7.26. The summed E-state index contributed by atoms with van der Waals surface area (Å²) in [5, 5.41) is 3.13. The van der Waals surface area contributed by atoms with Crippen molar-refractivity contribution in [3.63, 3.8) is 0 Å². The van der Waals surface area contributed by atoms with Crippen LogP contribution in [-0.2, 0) is 4.79 Å². The Balaban J connectivity index is 1.39. The number of nitrogens with zero attached hydrogens (tertiary/aromatic N) is 3. The maximum absolute atomic E-state index is 13.2. The molecule has 1 saturated carbocycles. The Morgan fingerprint density at radius 2 is 2.08 bits per heavy atom. The Morgan fingerprint density at radius 3 is 2.81 bits per heavy atom. The van der Waals surface area contributed by atoms with E-state index in [-0.39, 0.29) is 29.0 Å². The average molecular weight is 375 g/mol. The number of hydrogen-bond acceptors (Lipinski definition) is 4. The average Bonchev–Trinajstić information content (AvgIpc) is 3.15. The predicted octanol–water partition coefficient (Wildman–Crippen LogP) is 2.76. The number of anilines is 1. The topological polar surface area (TPSA) is 75.2 Å². The maximum Gasteiger partial charge on any atom is 0.291 e. The number of likely N-dealkylation sites (tertiary alicyclic amines) is 1. The second kappa shape index (κ2) is 6.32. The van der Waals surface area contributed by atoms with Crippen LogP contribution in [0, 0.1) is 17.2 Å². The molecular formula is C18H16ClFN4O2. The lowest BCUT2D eigenvalue weighted by molar-refractivity contribution is -0.118. The number of hydrogen-bond donors (Lipinski definition) is 1. The third-order valence-corrected chi connectivity index (χ3v) is 5.28. The van der Waals surface area contributed by atoms with Crippen LogP contribution in [0.5, 0.6) is 0 Å². The number of halogens is 2. The lowest BCUT2D eigenvalue weighted by Crippen LogP contribution is -2.31. The summed E-state index contributed by atoms with van der Waals surface area (Å²) in [4.78, 5) is 34.5. The van der Waals surface area contributed by atoms with Gasteiger partial charge in [-0.15, -0.1) is 0 Å². The molecule has 2 unspecified atom stereocenters. The van der Waals surface area contributed by atoms with E-state index >= 15 is 0 Å². The number of carbonyl (C=O) groups is 2. The van der Waals surface area contributed by atoms with Gasteiger partial charge in [0.05, 0.1) is 5.02 Å². The van der Waals surface area contributed by atoms with E-state index < -0.39 is 5.82 Å². The van der Waals surface area contributed by atoms with E-state index in [4.69, 9.17) is 11.6 Å². The molecule has 1 saturated heterocycles. The molecule has 26 heavy (non-hydrogen) atoms. The van der Waals surface area contributed by atoms with Gasteiger partial charge in [-0.2, -0.15) is 0 Å². The van der Waals surface area contributed by atoms with Gasteiger partial charge < -0.3 is 10.2 Å². The van der Waals surface area contributed by atoms with Crippen LogP contribution in [0.1, 0.15) is 23.5 Å². The summed E-state index contributed by atoms with van der Waals surface area (Å²) in [6.07, 6.45) is 4.26. The monoisotopic (exact) mass is 374 g/mol. The quantitative estimate of drug-likeness (QED) is 0.896. The summed E-state index contributed by atoms with van der Waals surface area (Å²) >= 11 is 5.74. The van der Waals surface area contributed by atoms with Crippen molar-refractivity contribution in [1.29, 1.82) is 0 Å². The number of benzene rings is 1. The molecule has 1 aromatic carbocycles. The minimum atomic E-state index is -0.395. The van der Waals surface area contributed by atoms with Gasteiger partial charge in [0.25, 0.3) is 5.91 Å². The van der Waals surface area contributed by atoms with Gasteiger partial charge in [-0.05, 0) is 31.0 Å². The van der Waals surface area contributed by atoms with Crippen LogP contribution >= 0.6 is 11.6 Å². The zero-order valence-corrected chi connectivity index (χ0v) is 14.5. The molecule has 2 aromatic rings. The molecule has 134 valence electrons. The predicted molar refractivity (Wildman–Crippen MR) is 93.1 cm³/mol. The van der Waals surface area contributed by atoms with Crippen LogP contribution in [0.3, 0.4) is 0 Å². The highest BCUT2D eigenvalue weighted by molar-refractivity contribution is 6.30. The highest BCUT2D eigenvalue weighted by Gasteiger charge is 2.61. The highest BCUT2D eigenvalue weighted by Crippen LogP contribution is 2.58. The van der Waals surface area contributed by atoms with Gasteiger partial charge in [0.15, 0.2) is 0 Å². The van der Waals surface area contributed by atoms with E-state index in [1.54, 1.807) is 17.0 Å². The van der Waals surface area contributed by atoms with Crippen molar-refractivity contribution < 1.29 is 14.0 Å². The van der Waals surface area contributed by atoms with Gasteiger partial charge in [-0.1, -0.05) is 17.7 Å². The van der Waals surface area contributed by atoms with E-state index in [0.717, 1.165) is 12.8 Å². The molecule has 2 heterocycles. The molecule has 1 aromatic heterocycles. The van der Waals surface area contributed by atoms with Gasteiger partial charge >= 0.3 is 0 Å². The van der Waals surface area contributed by atoms with Crippen molar-refractivity contribution in [3.05, 3.63) is 53.3 Å². The molecule has 1 aliphatic carbocycles. The van der Waals surface area contributed by atoms with Gasteiger partial charge in [0.2, 0.25) is 11.7 Å². The van der Waals surface area contributed by atoms with Crippen molar-refractivity contribution in [2.75, 3.05) is 18.4 Å². The standard InChI is InChI=1S/C18H16ClFN4O2/c19-11-8-21-15(22-9-11)17(26)24-5-4-18(10-24)7-14(18)16(25)23-13-3-1-2-12(20)6-13/h1-3,6,8-9,14H,4-5,7,10H2,(H,23,25). The Hall–Kier alpha value is -2.54. The molecule has 0 radical (unpaired) electrons. The molecule has 1 N–H and O–H groups in total. The molecule has 4 rings (SSSR count). The summed E-state index contributed by atoms with van der Waals surface area (Å²) in [5.41, 5.74) is 0.247. The Bertz CT molecular complexity index is 876. The minimum Gasteiger partial charge on any atom is -0.335 e. The number of carbonyl (C=O) groups excluding carboxylic acids is 2. The lowest BCUT2D eigenvalue weighted by atomic mass is 10.0. The fourth-order valence-corrected chi connectivity index (χ4v) is 3.70. The van der Waals surface area contributed by atoms with Gasteiger partial charge in [-0.3, -0.25) is 9.59 Å². The van der Waals surface area contributed by atoms with Crippen LogP contribution in [0.2, 0.25) is 5.02 Å². The normalized spacial score (nSPS) is 23.9. The number of amides is 2. The van der Waals surface area contributed by atoms with Crippen molar-refractivity contribution in [3.8, 4) is 0 Å². The van der Waals surface area contributed by atoms with Gasteiger partial charge in [-0.25, -0.2) is 14.4 Å². The first kappa shape index (κ1) is 16.9. The molecule has 2 atom stereocenters. The number of aromatic nitrogens is 2. The molecule has 8 heteroatoms. The molecule has 2 fully saturated rings. The van der Waals surface area contributed by atoms with E-state index in [1.165, 1.54) is 24.5 Å². The largest absolute Gasteiger partial charge is 0.335 e. The highest BCUT2D eigenvalue weighted by atomic mass is 35.5. The van der Waals surface area contributed by atoms with Crippen molar-refractivity contribution in [2.45, 2.75) is 12.8 Å². The molecule has 0 bridgehead atoms. The summed E-state index contributed by atoms with van der Waals surface area (Å²) < 4.78 is 13.2. The maximum atomic E-state index is 13.2. The van der Waals surface area contributed by atoms with E-state index in [2.05, 4.69) is 15.3 Å². The molecular weight excluding hydrogens is 359 g/mol. The van der Waals surface area contributed by atoms with Crippen molar-refractivity contribution in [1.82, 2.24) is 14.9 Å². The van der Waals surface area contributed by atoms with E-state index in [0.29, 0.717) is 23.8 Å². The van der Waals surface area contributed by atoms with Crippen molar-refractivity contribution in [2.24, 2.45) is 11.3 Å². The first-order valence-electron chi connectivity index (χ1n) is 8.30. The van der Waals surface area contributed by atoms with Crippen LogP contribution < -0.4 is 5.32 Å². The lowest BCUT2D eigenvalue weighted by Gasteiger charge is -2.15. The third kappa shape index (κ3) is 3.14. The van der Waals surface area contributed by atoms with Gasteiger partial charge in [0.1, 0.15) is 5.82 Å². The van der Waals surface area contributed by atoms with E-state index in [9.17, 15) is 14.0 Å². The zero-order valence-electron chi connectivity index (χ0n) is 13.8. The summed E-state index contributed by atoms with van der Waals surface area (Å²) in [7, 11) is 0. The Labute approximate surface area is 154 Å².